The minimum absolute atomic E-state index is 0.0961. The van der Waals surface area contributed by atoms with Crippen molar-refractivity contribution in [1.82, 2.24) is 0 Å². The molecule has 5 nitrogen and oxygen atoms in total. The molecule has 0 aliphatic heterocycles. The van der Waals surface area contributed by atoms with Gasteiger partial charge in [-0.2, -0.15) is 5.26 Å². The molecule has 0 aromatic heterocycles. The van der Waals surface area contributed by atoms with E-state index in [9.17, 15) is 10.1 Å². The Morgan fingerprint density at radius 3 is 2.74 bits per heavy atom. The van der Waals surface area contributed by atoms with Crippen LogP contribution in [0.2, 0.25) is 5.02 Å². The van der Waals surface area contributed by atoms with Gasteiger partial charge in [-0.15, -0.1) is 0 Å². The molecule has 0 aliphatic rings. The van der Waals surface area contributed by atoms with Crippen LogP contribution in [0.3, 0.4) is 0 Å². The lowest BCUT2D eigenvalue weighted by Gasteiger charge is -2.11. The Kier molecular flexibility index (Phi) is 7.87. The number of esters is 1. The summed E-state index contributed by atoms with van der Waals surface area (Å²) < 4.78 is 15.8. The van der Waals surface area contributed by atoms with Gasteiger partial charge in [0, 0.05) is 17.7 Å². The van der Waals surface area contributed by atoms with Crippen molar-refractivity contribution in [1.29, 1.82) is 5.26 Å². The Balaban J connectivity index is 2.08. The Morgan fingerprint density at radius 1 is 1.26 bits per heavy atom. The summed E-state index contributed by atoms with van der Waals surface area (Å²) in [5.74, 6) is -0.0912. The summed E-state index contributed by atoms with van der Waals surface area (Å²) in [7, 11) is 1.51. The van der Waals surface area contributed by atoms with Crippen molar-refractivity contribution in [3.63, 3.8) is 0 Å². The first-order valence-electron chi connectivity index (χ1n) is 8.31. The van der Waals surface area contributed by atoms with Gasteiger partial charge >= 0.3 is 5.97 Å². The van der Waals surface area contributed by atoms with E-state index in [0.29, 0.717) is 22.9 Å². The van der Waals surface area contributed by atoms with Gasteiger partial charge in [0.2, 0.25) is 0 Å². The van der Waals surface area contributed by atoms with E-state index in [-0.39, 0.29) is 12.2 Å². The van der Waals surface area contributed by atoms with Gasteiger partial charge in [-0.3, -0.25) is 0 Å². The molecule has 0 spiro atoms. The largest absolute Gasteiger partial charge is 0.489 e. The molecule has 140 valence electrons. The van der Waals surface area contributed by atoms with E-state index in [2.05, 4.69) is 0 Å². The van der Waals surface area contributed by atoms with Crippen molar-refractivity contribution in [3.05, 3.63) is 70.3 Å². The number of rotatable bonds is 8. The third-order valence-electron chi connectivity index (χ3n) is 3.57. The standard InChI is InChI=1S/C21H20ClNO4/c1-15(13-25-2)27-21(24)18(12-23)10-16-6-5-8-19(11-16)26-14-17-7-3-4-9-20(17)22/h3-11,15H,13-14H2,1-2H3/b18-10+/t15-/m1/s1. The number of benzene rings is 2. The molecule has 1 atom stereocenters. The number of carbonyl (C=O) groups excluding carboxylic acids is 1. The highest BCUT2D eigenvalue weighted by atomic mass is 35.5. The van der Waals surface area contributed by atoms with Crippen LogP contribution in [-0.4, -0.2) is 25.8 Å². The van der Waals surface area contributed by atoms with Crippen molar-refractivity contribution >= 4 is 23.6 Å². The van der Waals surface area contributed by atoms with Crippen LogP contribution >= 0.6 is 11.6 Å². The van der Waals surface area contributed by atoms with Crippen LogP contribution in [0.5, 0.6) is 5.75 Å². The van der Waals surface area contributed by atoms with Gasteiger partial charge in [0.25, 0.3) is 0 Å². The average molecular weight is 386 g/mol. The second-order valence-corrected chi connectivity index (χ2v) is 6.20. The quantitative estimate of drug-likeness (QED) is 0.382. The summed E-state index contributed by atoms with van der Waals surface area (Å²) in [5, 5.41) is 9.89. The number of hydrogen-bond donors (Lipinski definition) is 0. The summed E-state index contributed by atoms with van der Waals surface area (Å²) >= 11 is 6.12. The molecule has 0 radical (unpaired) electrons. The number of ether oxygens (including phenoxy) is 3. The number of carbonyl (C=O) groups is 1. The highest BCUT2D eigenvalue weighted by Crippen LogP contribution is 2.20. The third kappa shape index (κ3) is 6.45. The van der Waals surface area contributed by atoms with E-state index >= 15 is 0 Å². The van der Waals surface area contributed by atoms with Gasteiger partial charge < -0.3 is 14.2 Å². The molecule has 0 heterocycles. The maximum atomic E-state index is 12.1. The lowest BCUT2D eigenvalue weighted by molar-refractivity contribution is -0.145. The molecule has 0 saturated carbocycles. The van der Waals surface area contributed by atoms with Crippen molar-refractivity contribution in [2.45, 2.75) is 19.6 Å². The molecule has 2 rings (SSSR count). The van der Waals surface area contributed by atoms with E-state index in [4.69, 9.17) is 25.8 Å². The zero-order valence-electron chi connectivity index (χ0n) is 15.1. The number of methoxy groups -OCH3 is 1. The van der Waals surface area contributed by atoms with E-state index in [1.807, 2.05) is 24.3 Å². The normalized spacial score (nSPS) is 12.1. The minimum Gasteiger partial charge on any atom is -0.489 e. The number of halogens is 1. The SMILES string of the molecule is COC[C@@H](C)OC(=O)/C(C#N)=C/c1cccc(OCc2ccccc2Cl)c1. The smallest absolute Gasteiger partial charge is 0.349 e. The third-order valence-corrected chi connectivity index (χ3v) is 3.94. The maximum absolute atomic E-state index is 12.1. The molecule has 0 fully saturated rings. The van der Waals surface area contributed by atoms with Crippen LogP contribution in [0.15, 0.2) is 54.1 Å². The molecule has 27 heavy (non-hydrogen) atoms. The molecule has 0 unspecified atom stereocenters. The minimum atomic E-state index is -0.690. The summed E-state index contributed by atoms with van der Waals surface area (Å²) in [6, 6.07) is 16.4. The predicted octanol–water partition coefficient (Wildman–Crippen LogP) is 4.40. The lowest BCUT2D eigenvalue weighted by atomic mass is 10.1. The van der Waals surface area contributed by atoms with Crippen LogP contribution < -0.4 is 4.74 Å². The zero-order valence-corrected chi connectivity index (χ0v) is 15.9. The Labute approximate surface area is 163 Å². The Morgan fingerprint density at radius 2 is 2.04 bits per heavy atom. The first kappa shape index (κ1) is 20.5. The van der Waals surface area contributed by atoms with E-state index < -0.39 is 12.1 Å². The summed E-state index contributed by atoms with van der Waals surface area (Å²) in [6.45, 7) is 2.27. The molecule has 2 aromatic carbocycles. The van der Waals surface area contributed by atoms with E-state index in [1.54, 1.807) is 37.3 Å². The van der Waals surface area contributed by atoms with Crippen molar-refractivity contribution < 1.29 is 19.0 Å². The molecular weight excluding hydrogens is 366 g/mol. The summed E-state index contributed by atoms with van der Waals surface area (Å²) in [5.41, 5.74) is 1.43. The second-order valence-electron chi connectivity index (χ2n) is 5.79. The number of nitriles is 1. The van der Waals surface area contributed by atoms with E-state index in [1.165, 1.54) is 13.2 Å². The van der Waals surface area contributed by atoms with Crippen LogP contribution in [-0.2, 0) is 20.9 Å². The van der Waals surface area contributed by atoms with Gasteiger partial charge in [0.15, 0.2) is 0 Å². The molecule has 0 aliphatic carbocycles. The van der Waals surface area contributed by atoms with Crippen LogP contribution in [0, 0.1) is 11.3 Å². The second kappa shape index (κ2) is 10.4. The average Bonchev–Trinajstić information content (AvgIpc) is 2.66. The fourth-order valence-corrected chi connectivity index (χ4v) is 2.48. The molecule has 6 heteroatoms. The Hall–Kier alpha value is -2.81. The fraction of sp³-hybridized carbons (Fsp3) is 0.238. The van der Waals surface area contributed by atoms with Gasteiger partial charge in [-0.1, -0.05) is 41.9 Å². The molecule has 0 bridgehead atoms. The highest BCUT2D eigenvalue weighted by molar-refractivity contribution is 6.31. The Bertz CT molecular complexity index is 857. The van der Waals surface area contributed by atoms with Gasteiger partial charge in [-0.05, 0) is 36.8 Å². The molecule has 0 saturated heterocycles. The fourth-order valence-electron chi connectivity index (χ4n) is 2.29. The van der Waals surface area contributed by atoms with Crippen LogP contribution in [0.4, 0.5) is 0 Å². The summed E-state index contributed by atoms with van der Waals surface area (Å²) in [6.07, 6.45) is 1.02. The van der Waals surface area contributed by atoms with Crippen molar-refractivity contribution in [2.75, 3.05) is 13.7 Å². The number of nitrogens with zero attached hydrogens (tertiary/aromatic N) is 1. The lowest BCUT2D eigenvalue weighted by Crippen LogP contribution is -2.20. The van der Waals surface area contributed by atoms with Crippen molar-refractivity contribution in [3.8, 4) is 11.8 Å². The van der Waals surface area contributed by atoms with Gasteiger partial charge in [0.1, 0.15) is 30.1 Å². The molecule has 0 amide bonds. The monoisotopic (exact) mass is 385 g/mol. The predicted molar refractivity (Wildman–Crippen MR) is 103 cm³/mol. The highest BCUT2D eigenvalue weighted by Gasteiger charge is 2.14. The van der Waals surface area contributed by atoms with Gasteiger partial charge in [-0.25, -0.2) is 4.79 Å². The van der Waals surface area contributed by atoms with E-state index in [0.717, 1.165) is 5.56 Å². The first-order chi connectivity index (χ1) is 13.0. The van der Waals surface area contributed by atoms with Crippen LogP contribution in [0.25, 0.3) is 6.08 Å². The maximum Gasteiger partial charge on any atom is 0.349 e. The molecule has 2 aromatic rings. The zero-order chi connectivity index (χ0) is 19.6. The van der Waals surface area contributed by atoms with Gasteiger partial charge in [0.05, 0.1) is 6.61 Å². The van der Waals surface area contributed by atoms with Crippen molar-refractivity contribution in [2.24, 2.45) is 0 Å². The first-order valence-corrected chi connectivity index (χ1v) is 8.69. The summed E-state index contributed by atoms with van der Waals surface area (Å²) in [4.78, 5) is 12.1. The van der Waals surface area contributed by atoms with Crippen LogP contribution in [0.1, 0.15) is 18.1 Å². The number of hydrogen-bond acceptors (Lipinski definition) is 5. The molecular formula is C21H20ClNO4. The topological polar surface area (TPSA) is 68.5 Å². The molecule has 0 N–H and O–H groups in total.